The zero-order valence-corrected chi connectivity index (χ0v) is 7.55. The molecule has 3 fully saturated rings. The van der Waals surface area contributed by atoms with Crippen LogP contribution in [-0.4, -0.2) is 38.1 Å². The van der Waals surface area contributed by atoms with E-state index in [4.69, 9.17) is 0 Å². The van der Waals surface area contributed by atoms with Gasteiger partial charge >= 0.3 is 0 Å². The van der Waals surface area contributed by atoms with E-state index in [1.807, 2.05) is 0 Å². The number of amides is 1. The highest BCUT2D eigenvalue weighted by Crippen LogP contribution is 2.41. The zero-order valence-electron chi connectivity index (χ0n) is 7.55. The number of nitrogens with one attached hydrogen (secondary N) is 3. The van der Waals surface area contributed by atoms with E-state index in [9.17, 15) is 4.79 Å². The standard InChI is InChI=1S/C9H15N3O/c13-9(5-1-10-2-5)12-8-6-3-11-4-7(6)8/h5-8,10-11H,1-4H2,(H,12,13). The molecule has 0 aromatic heterocycles. The van der Waals surface area contributed by atoms with Crippen molar-refractivity contribution in [1.29, 1.82) is 0 Å². The van der Waals surface area contributed by atoms with E-state index >= 15 is 0 Å². The van der Waals surface area contributed by atoms with Crippen molar-refractivity contribution in [2.75, 3.05) is 26.2 Å². The van der Waals surface area contributed by atoms with E-state index in [-0.39, 0.29) is 11.8 Å². The van der Waals surface area contributed by atoms with Gasteiger partial charge in [-0.1, -0.05) is 0 Å². The number of carbonyl (C=O) groups is 1. The molecular weight excluding hydrogens is 166 g/mol. The van der Waals surface area contributed by atoms with E-state index < -0.39 is 0 Å². The van der Waals surface area contributed by atoms with Gasteiger partial charge in [-0.15, -0.1) is 0 Å². The molecule has 2 aliphatic heterocycles. The van der Waals surface area contributed by atoms with Crippen LogP contribution in [0.5, 0.6) is 0 Å². The molecule has 3 aliphatic rings. The van der Waals surface area contributed by atoms with Crippen LogP contribution >= 0.6 is 0 Å². The minimum Gasteiger partial charge on any atom is -0.352 e. The zero-order chi connectivity index (χ0) is 8.84. The topological polar surface area (TPSA) is 53.2 Å². The van der Waals surface area contributed by atoms with Crippen LogP contribution in [0.3, 0.4) is 0 Å². The lowest BCUT2D eigenvalue weighted by atomic mass is 10.0. The molecule has 3 N–H and O–H groups in total. The average Bonchev–Trinajstić information content (AvgIpc) is 2.50. The van der Waals surface area contributed by atoms with Gasteiger partial charge in [0.15, 0.2) is 0 Å². The van der Waals surface area contributed by atoms with Gasteiger partial charge < -0.3 is 16.0 Å². The maximum Gasteiger partial charge on any atom is 0.225 e. The van der Waals surface area contributed by atoms with Gasteiger partial charge in [-0.2, -0.15) is 0 Å². The molecule has 2 saturated heterocycles. The van der Waals surface area contributed by atoms with Crippen LogP contribution in [0.15, 0.2) is 0 Å². The highest BCUT2D eigenvalue weighted by Gasteiger charge is 2.54. The molecule has 72 valence electrons. The summed E-state index contributed by atoms with van der Waals surface area (Å²) in [6.45, 7) is 3.93. The van der Waals surface area contributed by atoms with Crippen molar-refractivity contribution in [2.24, 2.45) is 17.8 Å². The Kier molecular flexibility index (Phi) is 1.60. The summed E-state index contributed by atoms with van der Waals surface area (Å²) < 4.78 is 0. The maximum atomic E-state index is 11.5. The molecule has 4 heteroatoms. The van der Waals surface area contributed by atoms with E-state index in [1.54, 1.807) is 0 Å². The van der Waals surface area contributed by atoms with Crippen LogP contribution in [0.2, 0.25) is 0 Å². The molecule has 0 aromatic carbocycles. The molecule has 1 aliphatic carbocycles. The second-order valence-corrected chi connectivity index (χ2v) is 4.38. The fraction of sp³-hybridized carbons (Fsp3) is 0.889. The van der Waals surface area contributed by atoms with Crippen molar-refractivity contribution in [2.45, 2.75) is 6.04 Å². The third-order valence-corrected chi connectivity index (χ3v) is 3.55. The van der Waals surface area contributed by atoms with Crippen LogP contribution in [-0.2, 0) is 4.79 Å². The van der Waals surface area contributed by atoms with Crippen LogP contribution in [0, 0.1) is 17.8 Å². The number of fused-ring (bicyclic) bond motifs is 1. The normalized spacial score (nSPS) is 42.3. The molecule has 3 rings (SSSR count). The number of hydrogen-bond acceptors (Lipinski definition) is 3. The van der Waals surface area contributed by atoms with E-state index in [0.717, 1.165) is 38.0 Å². The Bertz CT molecular complexity index is 229. The smallest absolute Gasteiger partial charge is 0.225 e. The van der Waals surface area contributed by atoms with Crippen LogP contribution < -0.4 is 16.0 Å². The summed E-state index contributed by atoms with van der Waals surface area (Å²) in [5.41, 5.74) is 0. The lowest BCUT2D eigenvalue weighted by molar-refractivity contribution is -0.126. The second kappa shape index (κ2) is 2.69. The lowest BCUT2D eigenvalue weighted by Crippen LogP contribution is -2.51. The van der Waals surface area contributed by atoms with Crippen LogP contribution in [0.25, 0.3) is 0 Å². The van der Waals surface area contributed by atoms with Crippen molar-refractivity contribution in [1.82, 2.24) is 16.0 Å². The third-order valence-electron chi connectivity index (χ3n) is 3.55. The van der Waals surface area contributed by atoms with E-state index in [1.165, 1.54) is 0 Å². The SMILES string of the molecule is O=C(NC1C2CNCC21)C1CNC1. The first-order valence-corrected chi connectivity index (χ1v) is 5.08. The van der Waals surface area contributed by atoms with Gasteiger partial charge in [0.1, 0.15) is 0 Å². The molecule has 2 atom stereocenters. The van der Waals surface area contributed by atoms with Crippen LogP contribution in [0.1, 0.15) is 0 Å². The summed E-state index contributed by atoms with van der Waals surface area (Å²) in [4.78, 5) is 11.5. The predicted octanol–water partition coefficient (Wildman–Crippen LogP) is -1.46. The highest BCUT2D eigenvalue weighted by molar-refractivity contribution is 5.80. The number of carbonyl (C=O) groups excluding carboxylic acids is 1. The van der Waals surface area contributed by atoms with Crippen molar-refractivity contribution in [3.63, 3.8) is 0 Å². The highest BCUT2D eigenvalue weighted by atomic mass is 16.2. The maximum absolute atomic E-state index is 11.5. The Balaban J connectivity index is 1.50. The minimum absolute atomic E-state index is 0.245. The Morgan fingerprint density at radius 1 is 1.08 bits per heavy atom. The van der Waals surface area contributed by atoms with Gasteiger partial charge in [-0.25, -0.2) is 0 Å². The van der Waals surface area contributed by atoms with Gasteiger partial charge in [-0.3, -0.25) is 4.79 Å². The number of piperidine rings is 1. The summed E-state index contributed by atoms with van der Waals surface area (Å²) >= 11 is 0. The summed E-state index contributed by atoms with van der Waals surface area (Å²) in [5, 5.41) is 9.57. The molecular formula is C9H15N3O. The summed E-state index contributed by atoms with van der Waals surface area (Å²) in [6, 6.07) is 0.495. The molecule has 0 aromatic rings. The third kappa shape index (κ3) is 1.16. The summed E-state index contributed by atoms with van der Waals surface area (Å²) in [7, 11) is 0. The fourth-order valence-corrected chi connectivity index (χ4v) is 2.39. The van der Waals surface area contributed by atoms with Crippen LogP contribution in [0.4, 0.5) is 0 Å². The molecule has 2 unspecified atom stereocenters. The Hall–Kier alpha value is -0.610. The molecule has 4 nitrogen and oxygen atoms in total. The Morgan fingerprint density at radius 2 is 1.69 bits per heavy atom. The number of hydrogen-bond donors (Lipinski definition) is 3. The fourth-order valence-electron chi connectivity index (χ4n) is 2.39. The molecule has 2 heterocycles. The van der Waals surface area contributed by atoms with Crippen molar-refractivity contribution < 1.29 is 4.79 Å². The first-order chi connectivity index (χ1) is 6.36. The number of rotatable bonds is 2. The van der Waals surface area contributed by atoms with Gasteiger partial charge in [0, 0.05) is 32.2 Å². The van der Waals surface area contributed by atoms with E-state index in [2.05, 4.69) is 16.0 Å². The largest absolute Gasteiger partial charge is 0.352 e. The van der Waals surface area contributed by atoms with E-state index in [0.29, 0.717) is 6.04 Å². The molecule has 0 spiro atoms. The molecule has 0 radical (unpaired) electrons. The van der Waals surface area contributed by atoms with Crippen molar-refractivity contribution in [3.8, 4) is 0 Å². The molecule has 1 amide bonds. The Morgan fingerprint density at radius 3 is 2.23 bits per heavy atom. The first-order valence-electron chi connectivity index (χ1n) is 5.08. The first kappa shape index (κ1) is 7.76. The quantitative estimate of drug-likeness (QED) is 0.488. The monoisotopic (exact) mass is 181 g/mol. The van der Waals surface area contributed by atoms with Gasteiger partial charge in [0.05, 0.1) is 5.92 Å². The summed E-state index contributed by atoms with van der Waals surface area (Å²) in [6.07, 6.45) is 0. The minimum atomic E-state index is 0.245. The Labute approximate surface area is 77.5 Å². The predicted molar refractivity (Wildman–Crippen MR) is 48.1 cm³/mol. The van der Waals surface area contributed by atoms with Gasteiger partial charge in [0.2, 0.25) is 5.91 Å². The molecule has 0 bridgehead atoms. The average molecular weight is 181 g/mol. The lowest BCUT2D eigenvalue weighted by Gasteiger charge is -2.26. The summed E-state index contributed by atoms with van der Waals surface area (Å²) in [5.74, 6) is 1.97. The van der Waals surface area contributed by atoms with Gasteiger partial charge in [-0.05, 0) is 11.8 Å². The van der Waals surface area contributed by atoms with Gasteiger partial charge in [0.25, 0.3) is 0 Å². The van der Waals surface area contributed by atoms with Crippen molar-refractivity contribution in [3.05, 3.63) is 0 Å². The van der Waals surface area contributed by atoms with Crippen molar-refractivity contribution >= 4 is 5.91 Å². The molecule has 1 saturated carbocycles. The second-order valence-electron chi connectivity index (χ2n) is 4.38. The molecule has 13 heavy (non-hydrogen) atoms.